The molecule has 6 heteroatoms. The molecular formula is C23H26Cl2FN3. The molecule has 0 bridgehead atoms. The summed E-state index contributed by atoms with van der Waals surface area (Å²) in [5.41, 5.74) is 2.49. The molecule has 1 N–H and O–H groups in total. The summed E-state index contributed by atoms with van der Waals surface area (Å²) in [7, 11) is 0. The highest BCUT2D eigenvalue weighted by molar-refractivity contribution is 6.34. The topological polar surface area (TPSA) is 30.3 Å². The molecule has 2 aromatic rings. The molecule has 1 spiro atoms. The highest BCUT2D eigenvalue weighted by Crippen LogP contribution is 2.46. The van der Waals surface area contributed by atoms with Gasteiger partial charge in [-0.05, 0) is 55.5 Å². The van der Waals surface area contributed by atoms with Crippen molar-refractivity contribution in [2.24, 2.45) is 0 Å². The molecule has 3 nitrogen and oxygen atoms in total. The maximum Gasteiger partial charge on any atom is 0.147 e. The van der Waals surface area contributed by atoms with E-state index in [9.17, 15) is 4.39 Å². The van der Waals surface area contributed by atoms with Crippen LogP contribution in [0, 0.1) is 11.2 Å². The van der Waals surface area contributed by atoms with Gasteiger partial charge in [-0.2, -0.15) is 0 Å². The number of halogens is 3. The first-order valence-electron chi connectivity index (χ1n) is 10.3. The van der Waals surface area contributed by atoms with E-state index in [1.165, 1.54) is 6.07 Å². The lowest BCUT2D eigenvalue weighted by Gasteiger charge is -2.45. The van der Waals surface area contributed by atoms with Gasteiger partial charge >= 0.3 is 0 Å². The average molecular weight is 434 g/mol. The first-order chi connectivity index (χ1) is 13.9. The number of anilines is 1. The van der Waals surface area contributed by atoms with Crippen LogP contribution in [0.2, 0.25) is 10.0 Å². The minimum absolute atomic E-state index is 0.109. The lowest BCUT2D eigenvalue weighted by Crippen LogP contribution is -2.57. The molecule has 29 heavy (non-hydrogen) atoms. The summed E-state index contributed by atoms with van der Waals surface area (Å²) in [6, 6.07) is 10.8. The maximum atomic E-state index is 14.5. The summed E-state index contributed by atoms with van der Waals surface area (Å²) in [6.07, 6.45) is 5.13. The molecule has 0 amide bonds. The first kappa shape index (κ1) is 20.5. The van der Waals surface area contributed by atoms with Crippen molar-refractivity contribution in [2.45, 2.75) is 44.6 Å². The minimum Gasteiger partial charge on any atom is -0.365 e. The summed E-state index contributed by atoms with van der Waals surface area (Å²) in [5.74, 6) is 0.222. The van der Waals surface area contributed by atoms with Crippen LogP contribution in [0.5, 0.6) is 0 Å². The number of nitrogens with zero attached hydrogens (tertiary/aromatic N) is 2. The van der Waals surface area contributed by atoms with E-state index in [2.05, 4.69) is 22.8 Å². The Kier molecular flexibility index (Phi) is 5.76. The standard InChI is InChI=1S/C23H26Cl2FN3/c1-2-3-5-16-6-4-7-18(25)21(16)22(27)29-13-12-28(15-23(29)10-11-23)20-9-8-17(24)14-19(20)26/h4,6-9,14,27H,2-3,5,10-13,15H2,1H3. The smallest absolute Gasteiger partial charge is 0.147 e. The SMILES string of the molecule is CCCCc1cccc(Cl)c1C(=N)N1CCN(c2ccc(Cl)cc2F)CC12CC2. The normalized spacial score (nSPS) is 17.7. The van der Waals surface area contributed by atoms with Crippen molar-refractivity contribution < 1.29 is 4.39 Å². The van der Waals surface area contributed by atoms with Crippen LogP contribution in [0.3, 0.4) is 0 Å². The van der Waals surface area contributed by atoms with Gasteiger partial charge in [-0.15, -0.1) is 0 Å². The van der Waals surface area contributed by atoms with Gasteiger partial charge in [0, 0.05) is 30.2 Å². The Labute approximate surface area is 181 Å². The van der Waals surface area contributed by atoms with Crippen LogP contribution in [0.25, 0.3) is 0 Å². The molecule has 1 saturated carbocycles. The monoisotopic (exact) mass is 433 g/mol. The zero-order valence-electron chi connectivity index (χ0n) is 16.6. The van der Waals surface area contributed by atoms with Crippen LogP contribution in [0.4, 0.5) is 10.1 Å². The second kappa shape index (κ2) is 8.16. The van der Waals surface area contributed by atoms with Crippen molar-refractivity contribution >= 4 is 34.7 Å². The summed E-state index contributed by atoms with van der Waals surface area (Å²) in [6.45, 7) is 4.23. The van der Waals surface area contributed by atoms with Gasteiger partial charge in [0.15, 0.2) is 0 Å². The fourth-order valence-corrected chi connectivity index (χ4v) is 4.83. The highest BCUT2D eigenvalue weighted by Gasteiger charge is 2.52. The first-order valence-corrected chi connectivity index (χ1v) is 11.0. The summed E-state index contributed by atoms with van der Waals surface area (Å²) < 4.78 is 14.5. The molecule has 2 aromatic carbocycles. The van der Waals surface area contributed by atoms with E-state index in [0.29, 0.717) is 41.2 Å². The molecule has 1 heterocycles. The van der Waals surface area contributed by atoms with E-state index in [-0.39, 0.29) is 11.4 Å². The van der Waals surface area contributed by atoms with Gasteiger partial charge < -0.3 is 9.80 Å². The minimum atomic E-state index is -0.287. The van der Waals surface area contributed by atoms with Crippen molar-refractivity contribution in [2.75, 3.05) is 24.5 Å². The number of piperazine rings is 1. The zero-order valence-corrected chi connectivity index (χ0v) is 18.2. The molecule has 0 aromatic heterocycles. The third kappa shape index (κ3) is 3.97. The quantitative estimate of drug-likeness (QED) is 0.452. The summed E-state index contributed by atoms with van der Waals surface area (Å²) in [4.78, 5) is 4.29. The van der Waals surface area contributed by atoms with Crippen molar-refractivity contribution in [3.63, 3.8) is 0 Å². The van der Waals surface area contributed by atoms with Gasteiger partial charge in [0.2, 0.25) is 0 Å². The predicted molar refractivity (Wildman–Crippen MR) is 119 cm³/mol. The lowest BCUT2D eigenvalue weighted by molar-refractivity contribution is 0.258. The van der Waals surface area contributed by atoms with E-state index in [1.807, 2.05) is 12.1 Å². The van der Waals surface area contributed by atoms with Crippen molar-refractivity contribution in [1.82, 2.24) is 4.90 Å². The Bertz CT molecular complexity index is 926. The largest absolute Gasteiger partial charge is 0.365 e. The molecule has 1 aliphatic heterocycles. The van der Waals surface area contributed by atoms with Gasteiger partial charge in [-0.3, -0.25) is 5.41 Å². The average Bonchev–Trinajstić information content (AvgIpc) is 3.45. The van der Waals surface area contributed by atoms with Crippen LogP contribution >= 0.6 is 23.2 Å². The third-order valence-electron chi connectivity index (χ3n) is 6.14. The predicted octanol–water partition coefficient (Wildman–Crippen LogP) is 6.16. The Morgan fingerprint density at radius 2 is 1.97 bits per heavy atom. The second-order valence-electron chi connectivity index (χ2n) is 8.12. The molecule has 0 unspecified atom stereocenters. The second-order valence-corrected chi connectivity index (χ2v) is 8.96. The summed E-state index contributed by atoms with van der Waals surface area (Å²) in [5, 5.41) is 10.1. The number of amidine groups is 1. The molecule has 1 saturated heterocycles. The van der Waals surface area contributed by atoms with Gasteiger partial charge in [0.25, 0.3) is 0 Å². The van der Waals surface area contributed by atoms with Gasteiger partial charge in [0.05, 0.1) is 16.2 Å². The molecular weight excluding hydrogens is 408 g/mol. The highest BCUT2D eigenvalue weighted by atomic mass is 35.5. The fourth-order valence-electron chi connectivity index (χ4n) is 4.39. The molecule has 2 aliphatic rings. The Balaban J connectivity index is 1.58. The third-order valence-corrected chi connectivity index (χ3v) is 6.69. The molecule has 0 atom stereocenters. The van der Waals surface area contributed by atoms with E-state index in [0.717, 1.165) is 43.2 Å². The van der Waals surface area contributed by atoms with Crippen molar-refractivity contribution in [3.8, 4) is 0 Å². The van der Waals surface area contributed by atoms with E-state index in [4.69, 9.17) is 28.6 Å². The number of benzene rings is 2. The van der Waals surface area contributed by atoms with Crippen LogP contribution in [0.1, 0.15) is 43.7 Å². The van der Waals surface area contributed by atoms with E-state index in [1.54, 1.807) is 12.1 Å². The molecule has 4 rings (SSSR count). The number of hydrogen-bond donors (Lipinski definition) is 1. The van der Waals surface area contributed by atoms with E-state index < -0.39 is 0 Å². The Morgan fingerprint density at radius 1 is 1.17 bits per heavy atom. The van der Waals surface area contributed by atoms with Crippen molar-refractivity contribution in [1.29, 1.82) is 5.41 Å². The summed E-state index contributed by atoms with van der Waals surface area (Å²) >= 11 is 12.5. The molecule has 1 aliphatic carbocycles. The van der Waals surface area contributed by atoms with Gasteiger partial charge in [-0.25, -0.2) is 4.39 Å². The molecule has 154 valence electrons. The maximum absolute atomic E-state index is 14.5. The van der Waals surface area contributed by atoms with E-state index >= 15 is 0 Å². The number of rotatable bonds is 5. The number of nitrogens with one attached hydrogen (secondary N) is 1. The number of unbranched alkanes of at least 4 members (excludes halogenated alkanes) is 1. The molecule has 2 fully saturated rings. The molecule has 0 radical (unpaired) electrons. The zero-order chi connectivity index (χ0) is 20.6. The Hall–Kier alpha value is -1.78. The van der Waals surface area contributed by atoms with Crippen LogP contribution < -0.4 is 4.90 Å². The number of hydrogen-bond acceptors (Lipinski definition) is 2. The van der Waals surface area contributed by atoms with Crippen LogP contribution in [-0.2, 0) is 6.42 Å². The Morgan fingerprint density at radius 3 is 2.66 bits per heavy atom. The van der Waals surface area contributed by atoms with Crippen molar-refractivity contribution in [3.05, 3.63) is 63.4 Å². The lowest BCUT2D eigenvalue weighted by atomic mass is 9.98. The number of aryl methyl sites for hydroxylation is 1. The fraction of sp³-hybridized carbons (Fsp3) is 0.435. The van der Waals surface area contributed by atoms with Gasteiger partial charge in [0.1, 0.15) is 11.7 Å². The van der Waals surface area contributed by atoms with Crippen LogP contribution in [-0.4, -0.2) is 35.9 Å². The van der Waals surface area contributed by atoms with Gasteiger partial charge in [-0.1, -0.05) is 48.7 Å². The van der Waals surface area contributed by atoms with Crippen LogP contribution in [0.15, 0.2) is 36.4 Å².